The van der Waals surface area contributed by atoms with Crippen molar-refractivity contribution < 1.29 is 22.8 Å². The van der Waals surface area contributed by atoms with Crippen molar-refractivity contribution in [2.45, 2.75) is 18.7 Å². The molecule has 2 heterocycles. The Kier molecular flexibility index (Phi) is 5.44. The minimum absolute atomic E-state index is 0.0337. The molecule has 0 aliphatic carbocycles. The maximum Gasteiger partial charge on any atom is 0.327 e. The molecule has 0 spiro atoms. The Hall–Kier alpha value is -2.46. The Labute approximate surface area is 164 Å². The Morgan fingerprint density at radius 2 is 1.71 bits per heavy atom. The van der Waals surface area contributed by atoms with E-state index < -0.39 is 22.0 Å². The van der Waals surface area contributed by atoms with Gasteiger partial charge in [0.25, 0.3) is 5.91 Å². The van der Waals surface area contributed by atoms with Crippen molar-refractivity contribution in [3.63, 3.8) is 0 Å². The van der Waals surface area contributed by atoms with Gasteiger partial charge in [0.15, 0.2) is 0 Å². The van der Waals surface area contributed by atoms with Crippen molar-refractivity contribution in [2.75, 3.05) is 46.3 Å². The van der Waals surface area contributed by atoms with E-state index >= 15 is 0 Å². The molecule has 0 atom stereocenters. The third-order valence-corrected chi connectivity index (χ3v) is 7.12. The van der Waals surface area contributed by atoms with E-state index in [4.69, 9.17) is 0 Å². The standard InChI is InChI=1S/C18H24N4O5S/c1-13-4-5-15(14(2)10-13)28(26,27)21-8-6-20(7-9-21)16(23)12-22-17(24)11-19(3)18(22)25/h4-5,10H,6-9,11-12H2,1-3H3. The van der Waals surface area contributed by atoms with Crippen LogP contribution in [-0.2, 0) is 19.6 Å². The number of nitrogens with zero attached hydrogens (tertiary/aromatic N) is 4. The highest BCUT2D eigenvalue weighted by Gasteiger charge is 2.37. The minimum atomic E-state index is -3.64. The number of hydrogen-bond acceptors (Lipinski definition) is 5. The Balaban J connectivity index is 1.63. The summed E-state index contributed by atoms with van der Waals surface area (Å²) in [4.78, 5) is 40.1. The summed E-state index contributed by atoms with van der Waals surface area (Å²) in [5.41, 5.74) is 1.68. The molecule has 1 aromatic carbocycles. The van der Waals surface area contributed by atoms with Gasteiger partial charge in [0.1, 0.15) is 13.1 Å². The number of imide groups is 1. The number of benzene rings is 1. The minimum Gasteiger partial charge on any atom is -0.338 e. The van der Waals surface area contributed by atoms with Gasteiger partial charge in [0.05, 0.1) is 4.90 Å². The van der Waals surface area contributed by atoms with Gasteiger partial charge in [0, 0.05) is 33.2 Å². The summed E-state index contributed by atoms with van der Waals surface area (Å²) in [6, 6.07) is 4.71. The molecular weight excluding hydrogens is 384 g/mol. The van der Waals surface area contributed by atoms with Crippen LogP contribution in [0.1, 0.15) is 11.1 Å². The molecule has 0 unspecified atom stereocenters. The van der Waals surface area contributed by atoms with Crippen LogP contribution in [0.5, 0.6) is 0 Å². The van der Waals surface area contributed by atoms with E-state index in [0.717, 1.165) is 10.5 Å². The molecule has 0 bridgehead atoms. The summed E-state index contributed by atoms with van der Waals surface area (Å²) in [7, 11) is -2.13. The van der Waals surface area contributed by atoms with Crippen LogP contribution in [0.4, 0.5) is 4.79 Å². The zero-order chi connectivity index (χ0) is 20.6. The second-order valence-electron chi connectivity index (χ2n) is 7.17. The average molecular weight is 408 g/mol. The normalized spacial score (nSPS) is 18.9. The number of sulfonamides is 1. The van der Waals surface area contributed by atoms with E-state index in [1.165, 1.54) is 21.2 Å². The fraction of sp³-hybridized carbons (Fsp3) is 0.500. The number of piperazine rings is 1. The van der Waals surface area contributed by atoms with E-state index in [0.29, 0.717) is 5.56 Å². The molecule has 2 aliphatic rings. The predicted molar refractivity (Wildman–Crippen MR) is 101 cm³/mol. The number of rotatable bonds is 4. The third-order valence-electron chi connectivity index (χ3n) is 5.06. The fourth-order valence-electron chi connectivity index (χ4n) is 3.47. The van der Waals surface area contributed by atoms with Gasteiger partial charge in [-0.05, 0) is 25.5 Å². The Morgan fingerprint density at radius 1 is 1.07 bits per heavy atom. The molecule has 2 fully saturated rings. The van der Waals surface area contributed by atoms with Crippen molar-refractivity contribution >= 4 is 27.9 Å². The van der Waals surface area contributed by atoms with Gasteiger partial charge >= 0.3 is 6.03 Å². The Morgan fingerprint density at radius 3 is 2.25 bits per heavy atom. The topological polar surface area (TPSA) is 98.3 Å². The first kappa shape index (κ1) is 20.3. The van der Waals surface area contributed by atoms with E-state index in [1.54, 1.807) is 19.1 Å². The quantitative estimate of drug-likeness (QED) is 0.655. The molecule has 0 N–H and O–H groups in total. The van der Waals surface area contributed by atoms with Crippen LogP contribution in [-0.4, -0.2) is 91.6 Å². The molecule has 0 aromatic heterocycles. The van der Waals surface area contributed by atoms with Crippen molar-refractivity contribution in [3.8, 4) is 0 Å². The van der Waals surface area contributed by atoms with Gasteiger partial charge < -0.3 is 9.80 Å². The lowest BCUT2D eigenvalue weighted by molar-refractivity contribution is -0.137. The summed E-state index contributed by atoms with van der Waals surface area (Å²) in [6.45, 7) is 4.10. The van der Waals surface area contributed by atoms with Crippen LogP contribution in [0, 0.1) is 13.8 Å². The molecule has 4 amide bonds. The van der Waals surface area contributed by atoms with Gasteiger partial charge in [-0.2, -0.15) is 4.31 Å². The average Bonchev–Trinajstić information content (AvgIpc) is 2.87. The monoisotopic (exact) mass is 408 g/mol. The van der Waals surface area contributed by atoms with Crippen molar-refractivity contribution in [1.82, 2.24) is 19.0 Å². The lowest BCUT2D eigenvalue weighted by Crippen LogP contribution is -2.53. The van der Waals surface area contributed by atoms with Crippen molar-refractivity contribution in [2.24, 2.45) is 0 Å². The first-order valence-electron chi connectivity index (χ1n) is 9.02. The summed E-state index contributed by atoms with van der Waals surface area (Å²) < 4.78 is 27.2. The molecule has 1 aromatic rings. The van der Waals surface area contributed by atoms with Gasteiger partial charge in [0.2, 0.25) is 15.9 Å². The first-order chi connectivity index (χ1) is 13.1. The van der Waals surface area contributed by atoms with Gasteiger partial charge in [-0.3, -0.25) is 14.5 Å². The zero-order valence-electron chi connectivity index (χ0n) is 16.2. The highest BCUT2D eigenvalue weighted by atomic mass is 32.2. The number of carbonyl (C=O) groups excluding carboxylic acids is 3. The third kappa shape index (κ3) is 3.74. The highest BCUT2D eigenvalue weighted by Crippen LogP contribution is 2.22. The predicted octanol–water partition coefficient (Wildman–Crippen LogP) is 0.0303. The maximum atomic E-state index is 12.9. The molecule has 28 heavy (non-hydrogen) atoms. The van der Waals surface area contributed by atoms with Crippen LogP contribution in [0.3, 0.4) is 0 Å². The van der Waals surface area contributed by atoms with Crippen molar-refractivity contribution in [1.29, 1.82) is 0 Å². The SMILES string of the molecule is Cc1ccc(S(=O)(=O)N2CCN(C(=O)CN3C(=O)CN(C)C3=O)CC2)c(C)c1. The summed E-state index contributed by atoms with van der Waals surface area (Å²) in [5, 5.41) is 0. The van der Waals surface area contributed by atoms with Crippen LogP contribution >= 0.6 is 0 Å². The lowest BCUT2D eigenvalue weighted by atomic mass is 10.2. The maximum absolute atomic E-state index is 12.9. The second kappa shape index (κ2) is 7.51. The van der Waals surface area contributed by atoms with Gasteiger partial charge in [-0.25, -0.2) is 13.2 Å². The van der Waals surface area contributed by atoms with Gasteiger partial charge in [-0.1, -0.05) is 17.7 Å². The number of carbonyl (C=O) groups is 3. The summed E-state index contributed by atoms with van der Waals surface area (Å²) in [5.74, 6) is -0.766. The number of aryl methyl sites for hydroxylation is 2. The largest absolute Gasteiger partial charge is 0.338 e. The number of likely N-dealkylation sites (N-methyl/N-ethyl adjacent to an activating group) is 1. The fourth-order valence-corrected chi connectivity index (χ4v) is 5.09. The molecule has 3 rings (SSSR count). The van der Waals surface area contributed by atoms with Gasteiger partial charge in [-0.15, -0.1) is 0 Å². The molecule has 2 saturated heterocycles. The second-order valence-corrected chi connectivity index (χ2v) is 9.08. The first-order valence-corrected chi connectivity index (χ1v) is 10.5. The molecular formula is C18H24N4O5S. The molecule has 10 heteroatoms. The molecule has 2 aliphatic heterocycles. The molecule has 0 saturated carbocycles. The smallest absolute Gasteiger partial charge is 0.327 e. The number of amides is 4. The lowest BCUT2D eigenvalue weighted by Gasteiger charge is -2.34. The number of urea groups is 1. The van der Waals surface area contributed by atoms with Crippen LogP contribution < -0.4 is 0 Å². The van der Waals surface area contributed by atoms with Crippen LogP contribution in [0.15, 0.2) is 23.1 Å². The summed E-state index contributed by atoms with van der Waals surface area (Å²) >= 11 is 0. The molecule has 9 nitrogen and oxygen atoms in total. The van der Waals surface area contributed by atoms with E-state index in [1.807, 2.05) is 13.0 Å². The van der Waals surface area contributed by atoms with Crippen LogP contribution in [0.25, 0.3) is 0 Å². The van der Waals surface area contributed by atoms with E-state index in [-0.39, 0.29) is 50.1 Å². The highest BCUT2D eigenvalue weighted by molar-refractivity contribution is 7.89. The van der Waals surface area contributed by atoms with Crippen molar-refractivity contribution in [3.05, 3.63) is 29.3 Å². The zero-order valence-corrected chi connectivity index (χ0v) is 17.0. The van der Waals surface area contributed by atoms with E-state index in [9.17, 15) is 22.8 Å². The Bertz CT molecular complexity index is 922. The van der Waals surface area contributed by atoms with Crippen LogP contribution in [0.2, 0.25) is 0 Å². The van der Waals surface area contributed by atoms with E-state index in [2.05, 4.69) is 0 Å². The summed E-state index contributed by atoms with van der Waals surface area (Å²) in [6.07, 6.45) is 0. The number of hydrogen-bond donors (Lipinski definition) is 0. The molecule has 152 valence electrons. The molecule has 0 radical (unpaired) electrons.